The van der Waals surface area contributed by atoms with Gasteiger partial charge in [-0.05, 0) is 50.4 Å². The van der Waals surface area contributed by atoms with Crippen molar-refractivity contribution < 1.29 is 14.4 Å². The Morgan fingerprint density at radius 2 is 1.48 bits per heavy atom. The molecule has 5 nitrogen and oxygen atoms in total. The molecule has 0 radical (unpaired) electrons. The molecule has 0 aromatic heterocycles. The van der Waals surface area contributed by atoms with E-state index in [0.29, 0.717) is 17.9 Å². The van der Waals surface area contributed by atoms with Gasteiger partial charge in [-0.15, -0.1) is 0 Å². The maximum atomic E-state index is 12.4. The van der Waals surface area contributed by atoms with Crippen molar-refractivity contribution in [3.05, 3.63) is 0 Å². The number of hydrogen-bond acceptors (Lipinski definition) is 3. The number of fused-ring (bicyclic) bond motifs is 1. The van der Waals surface area contributed by atoms with Crippen LogP contribution in [0.4, 0.5) is 0 Å². The maximum Gasteiger partial charge on any atom is 0.233 e. The highest BCUT2D eigenvalue weighted by Gasteiger charge is 2.48. The first-order valence-electron chi connectivity index (χ1n) is 9.29. The number of rotatable bonds is 6. The van der Waals surface area contributed by atoms with Crippen LogP contribution in [0.5, 0.6) is 0 Å². The molecule has 23 heavy (non-hydrogen) atoms. The zero-order chi connectivity index (χ0) is 16.0. The molecule has 5 heteroatoms. The normalized spacial score (nSPS) is 30.7. The number of amides is 3. The smallest absolute Gasteiger partial charge is 0.233 e. The molecule has 0 aromatic rings. The van der Waals surface area contributed by atoms with Gasteiger partial charge in [-0.2, -0.15) is 0 Å². The van der Waals surface area contributed by atoms with E-state index in [1.54, 1.807) is 0 Å². The van der Waals surface area contributed by atoms with Gasteiger partial charge in [0.1, 0.15) is 0 Å². The molecule has 2 atom stereocenters. The SMILES string of the molecule is O=C(CCN1C(=O)[C@H]2CCCC[C@H]2C1=O)NC(C1CC1)C1CC1. The van der Waals surface area contributed by atoms with Crippen LogP contribution in [-0.2, 0) is 14.4 Å². The van der Waals surface area contributed by atoms with Gasteiger partial charge < -0.3 is 5.32 Å². The van der Waals surface area contributed by atoms with Crippen LogP contribution >= 0.6 is 0 Å². The van der Waals surface area contributed by atoms with E-state index in [4.69, 9.17) is 0 Å². The van der Waals surface area contributed by atoms with E-state index in [1.807, 2.05) is 0 Å². The summed E-state index contributed by atoms with van der Waals surface area (Å²) in [5.41, 5.74) is 0. The molecule has 126 valence electrons. The van der Waals surface area contributed by atoms with Crippen LogP contribution < -0.4 is 5.32 Å². The van der Waals surface area contributed by atoms with Crippen molar-refractivity contribution in [3.8, 4) is 0 Å². The fourth-order valence-electron chi connectivity index (χ4n) is 4.45. The standard InChI is InChI=1S/C18H26N2O3/c21-15(19-16(11-5-6-11)12-7-8-12)9-10-20-17(22)13-3-1-2-4-14(13)18(20)23/h11-14,16H,1-10H2,(H,19,21)/t13-,14+. The van der Waals surface area contributed by atoms with Crippen molar-refractivity contribution in [1.29, 1.82) is 0 Å². The molecular weight excluding hydrogens is 292 g/mol. The van der Waals surface area contributed by atoms with Crippen LogP contribution in [0.1, 0.15) is 57.8 Å². The van der Waals surface area contributed by atoms with Crippen molar-refractivity contribution in [2.75, 3.05) is 6.54 Å². The molecule has 0 unspecified atom stereocenters. The fourth-order valence-corrected chi connectivity index (χ4v) is 4.45. The molecule has 1 N–H and O–H groups in total. The lowest BCUT2D eigenvalue weighted by molar-refractivity contribution is -0.140. The van der Waals surface area contributed by atoms with E-state index in [2.05, 4.69) is 5.32 Å². The number of imide groups is 1. The summed E-state index contributed by atoms with van der Waals surface area (Å²) in [5, 5.41) is 3.17. The monoisotopic (exact) mass is 318 g/mol. The summed E-state index contributed by atoms with van der Waals surface area (Å²) >= 11 is 0. The average Bonchev–Trinajstić information content (AvgIpc) is 3.46. The third-order valence-electron chi connectivity index (χ3n) is 6.08. The molecule has 4 aliphatic rings. The van der Waals surface area contributed by atoms with Crippen molar-refractivity contribution in [1.82, 2.24) is 10.2 Å². The van der Waals surface area contributed by atoms with Gasteiger partial charge in [0.25, 0.3) is 0 Å². The Bertz CT molecular complexity index is 488. The van der Waals surface area contributed by atoms with Gasteiger partial charge in [-0.1, -0.05) is 12.8 Å². The first-order chi connectivity index (χ1) is 11.1. The Labute approximate surface area is 137 Å². The molecule has 1 saturated heterocycles. The first-order valence-corrected chi connectivity index (χ1v) is 9.29. The predicted molar refractivity (Wildman–Crippen MR) is 84.2 cm³/mol. The van der Waals surface area contributed by atoms with Gasteiger partial charge in [0.2, 0.25) is 17.7 Å². The maximum absolute atomic E-state index is 12.4. The summed E-state index contributed by atoms with van der Waals surface area (Å²) in [7, 11) is 0. The largest absolute Gasteiger partial charge is 0.353 e. The molecule has 0 spiro atoms. The Morgan fingerprint density at radius 1 is 0.957 bits per heavy atom. The summed E-state index contributed by atoms with van der Waals surface area (Å²) in [6, 6.07) is 0.343. The number of carbonyl (C=O) groups is 3. The van der Waals surface area contributed by atoms with Crippen molar-refractivity contribution in [3.63, 3.8) is 0 Å². The van der Waals surface area contributed by atoms with E-state index in [1.165, 1.54) is 30.6 Å². The van der Waals surface area contributed by atoms with Gasteiger partial charge >= 0.3 is 0 Å². The van der Waals surface area contributed by atoms with Gasteiger partial charge in [0.05, 0.1) is 11.8 Å². The van der Waals surface area contributed by atoms with E-state index in [0.717, 1.165) is 25.7 Å². The number of nitrogens with one attached hydrogen (secondary N) is 1. The lowest BCUT2D eigenvalue weighted by Crippen LogP contribution is -2.41. The average molecular weight is 318 g/mol. The van der Waals surface area contributed by atoms with Crippen LogP contribution in [0, 0.1) is 23.7 Å². The molecule has 4 fully saturated rings. The molecule has 3 saturated carbocycles. The Morgan fingerprint density at radius 3 is 1.96 bits per heavy atom. The highest BCUT2D eigenvalue weighted by Crippen LogP contribution is 2.44. The topological polar surface area (TPSA) is 66.5 Å². The second kappa shape index (κ2) is 5.91. The summed E-state index contributed by atoms with van der Waals surface area (Å²) < 4.78 is 0. The van der Waals surface area contributed by atoms with E-state index in [-0.39, 0.29) is 42.5 Å². The van der Waals surface area contributed by atoms with Gasteiger partial charge in [0, 0.05) is 19.0 Å². The van der Waals surface area contributed by atoms with Crippen LogP contribution in [0.3, 0.4) is 0 Å². The van der Waals surface area contributed by atoms with E-state index in [9.17, 15) is 14.4 Å². The van der Waals surface area contributed by atoms with Gasteiger partial charge in [0.15, 0.2) is 0 Å². The predicted octanol–water partition coefficient (Wildman–Crippen LogP) is 1.86. The fraction of sp³-hybridized carbons (Fsp3) is 0.833. The van der Waals surface area contributed by atoms with E-state index < -0.39 is 0 Å². The molecule has 1 aliphatic heterocycles. The van der Waals surface area contributed by atoms with Crippen LogP contribution in [-0.4, -0.2) is 35.2 Å². The number of carbonyl (C=O) groups excluding carboxylic acids is 3. The van der Waals surface area contributed by atoms with Crippen molar-refractivity contribution in [2.45, 2.75) is 63.8 Å². The van der Waals surface area contributed by atoms with Gasteiger partial charge in [-0.3, -0.25) is 19.3 Å². The third-order valence-corrected chi connectivity index (χ3v) is 6.08. The van der Waals surface area contributed by atoms with Crippen molar-refractivity contribution >= 4 is 17.7 Å². The molecule has 0 aromatic carbocycles. The zero-order valence-electron chi connectivity index (χ0n) is 13.6. The summed E-state index contributed by atoms with van der Waals surface area (Å²) in [4.78, 5) is 38.4. The van der Waals surface area contributed by atoms with Crippen molar-refractivity contribution in [2.24, 2.45) is 23.7 Å². The minimum Gasteiger partial charge on any atom is -0.353 e. The second-order valence-electron chi connectivity index (χ2n) is 7.84. The number of hydrogen-bond donors (Lipinski definition) is 1. The minimum atomic E-state index is -0.106. The number of nitrogens with zero attached hydrogens (tertiary/aromatic N) is 1. The summed E-state index contributed by atoms with van der Waals surface area (Å²) in [6.45, 7) is 0.262. The van der Waals surface area contributed by atoms with E-state index >= 15 is 0 Å². The number of likely N-dealkylation sites (tertiary alicyclic amines) is 1. The minimum absolute atomic E-state index is 0.00396. The lowest BCUT2D eigenvalue weighted by atomic mass is 9.81. The van der Waals surface area contributed by atoms with Crippen LogP contribution in [0.15, 0.2) is 0 Å². The highest BCUT2D eigenvalue weighted by molar-refractivity contribution is 6.05. The van der Waals surface area contributed by atoms with Gasteiger partial charge in [-0.25, -0.2) is 0 Å². The third kappa shape index (κ3) is 3.02. The second-order valence-corrected chi connectivity index (χ2v) is 7.84. The molecule has 3 aliphatic carbocycles. The first kappa shape index (κ1) is 15.2. The molecule has 1 heterocycles. The molecule has 3 amide bonds. The molecule has 4 rings (SSSR count). The quantitative estimate of drug-likeness (QED) is 0.760. The highest BCUT2D eigenvalue weighted by atomic mass is 16.2. The Hall–Kier alpha value is -1.39. The molecule has 0 bridgehead atoms. The Kier molecular flexibility index (Phi) is 3.90. The Balaban J connectivity index is 1.30. The molecular formula is C18H26N2O3. The summed E-state index contributed by atoms with van der Waals surface area (Å²) in [5.74, 6) is 1.06. The zero-order valence-corrected chi connectivity index (χ0v) is 13.6. The summed E-state index contributed by atoms with van der Waals surface area (Å²) in [6.07, 6.45) is 8.93. The van der Waals surface area contributed by atoms with Crippen LogP contribution in [0.25, 0.3) is 0 Å². The van der Waals surface area contributed by atoms with Crippen LogP contribution in [0.2, 0.25) is 0 Å². The lowest BCUT2D eigenvalue weighted by Gasteiger charge is -2.19.